The molecule has 4 heteroatoms. The zero-order chi connectivity index (χ0) is 10.4. The number of hydrogen-bond donors (Lipinski definition) is 1. The average molecular weight is 297 g/mol. The molecule has 0 aliphatic rings. The third-order valence-electron chi connectivity index (χ3n) is 1.69. The Hall–Kier alpha value is -0.130. The molecular formula is C9H16INO2. The average Bonchev–Trinajstić information content (AvgIpc) is 2.03. The van der Waals surface area contributed by atoms with Crippen molar-refractivity contribution < 1.29 is 9.59 Å². The van der Waals surface area contributed by atoms with Gasteiger partial charge in [0.2, 0.25) is 9.70 Å². The predicted octanol–water partition coefficient (Wildman–Crippen LogP) is 1.89. The molecule has 1 N–H and O–H groups in total. The minimum Gasteiger partial charge on any atom is -0.345 e. The summed E-state index contributed by atoms with van der Waals surface area (Å²) in [6, 6.07) is -0.305. The van der Waals surface area contributed by atoms with E-state index < -0.39 is 0 Å². The zero-order valence-electron chi connectivity index (χ0n) is 8.26. The van der Waals surface area contributed by atoms with Gasteiger partial charge in [0.05, 0.1) is 6.04 Å². The molecular weight excluding hydrogens is 281 g/mol. The molecule has 0 heterocycles. The summed E-state index contributed by atoms with van der Waals surface area (Å²) in [5, 5.41) is 2.72. The van der Waals surface area contributed by atoms with Crippen molar-refractivity contribution >= 4 is 32.3 Å². The molecule has 0 aromatic carbocycles. The second kappa shape index (κ2) is 6.34. The van der Waals surface area contributed by atoms with Gasteiger partial charge < -0.3 is 5.32 Å². The summed E-state index contributed by atoms with van der Waals surface area (Å²) in [6.45, 7) is 5.63. The van der Waals surface area contributed by atoms with Crippen LogP contribution in [0.2, 0.25) is 0 Å². The lowest BCUT2D eigenvalue weighted by Crippen LogP contribution is -2.40. The molecule has 0 rings (SSSR count). The van der Waals surface area contributed by atoms with Crippen LogP contribution in [-0.4, -0.2) is 15.7 Å². The summed E-state index contributed by atoms with van der Waals surface area (Å²) in [6.07, 6.45) is 1.62. The van der Waals surface area contributed by atoms with E-state index in [9.17, 15) is 9.59 Å². The second-order valence-electron chi connectivity index (χ2n) is 3.31. The first-order valence-corrected chi connectivity index (χ1v) is 5.56. The molecule has 0 aromatic rings. The number of carbonyl (C=O) groups excluding carboxylic acids is 2. The molecule has 0 saturated heterocycles. The quantitative estimate of drug-likeness (QED) is 0.622. The van der Waals surface area contributed by atoms with Gasteiger partial charge in [0, 0.05) is 28.5 Å². The Kier molecular flexibility index (Phi) is 6.28. The maximum atomic E-state index is 11.3. The summed E-state index contributed by atoms with van der Waals surface area (Å²) in [5.41, 5.74) is 0. The summed E-state index contributed by atoms with van der Waals surface area (Å²) in [5.74, 6) is -0.112. The summed E-state index contributed by atoms with van der Waals surface area (Å²) >= 11 is 1.73. The lowest BCUT2D eigenvalue weighted by Gasteiger charge is -2.15. The minimum atomic E-state index is -0.305. The first-order valence-electron chi connectivity index (χ1n) is 4.48. The Morgan fingerprint density at radius 2 is 1.92 bits per heavy atom. The highest BCUT2D eigenvalue weighted by Gasteiger charge is 2.18. The molecule has 3 nitrogen and oxygen atoms in total. The Bertz CT molecular complexity index is 192. The highest BCUT2D eigenvalue weighted by atomic mass is 127. The van der Waals surface area contributed by atoms with Gasteiger partial charge in [-0.25, -0.2) is 0 Å². The van der Waals surface area contributed by atoms with Crippen LogP contribution in [0.5, 0.6) is 0 Å². The molecule has 0 aliphatic heterocycles. The normalized spacial score (nSPS) is 12.7. The first kappa shape index (κ1) is 12.9. The van der Waals surface area contributed by atoms with Gasteiger partial charge in [-0.15, -0.1) is 0 Å². The molecule has 0 aliphatic carbocycles. The summed E-state index contributed by atoms with van der Waals surface area (Å²) in [4.78, 5) is 22.3. The number of carbonyl (C=O) groups is 2. The molecule has 0 saturated carbocycles. The van der Waals surface area contributed by atoms with Crippen molar-refractivity contribution in [3.05, 3.63) is 0 Å². The second-order valence-corrected chi connectivity index (χ2v) is 4.37. The highest BCUT2D eigenvalue weighted by Crippen LogP contribution is 2.04. The van der Waals surface area contributed by atoms with Gasteiger partial charge in [0.15, 0.2) is 0 Å². The van der Waals surface area contributed by atoms with E-state index in [1.807, 2.05) is 20.8 Å². The van der Waals surface area contributed by atoms with Crippen LogP contribution in [0.4, 0.5) is 0 Å². The van der Waals surface area contributed by atoms with E-state index in [1.54, 1.807) is 22.6 Å². The molecule has 0 fully saturated rings. The molecule has 13 heavy (non-hydrogen) atoms. The van der Waals surface area contributed by atoms with Crippen LogP contribution in [0.1, 0.15) is 33.6 Å². The maximum Gasteiger partial charge on any atom is 0.223 e. The van der Waals surface area contributed by atoms with Crippen molar-refractivity contribution in [1.82, 2.24) is 5.32 Å². The number of halogens is 1. The monoisotopic (exact) mass is 297 g/mol. The third kappa shape index (κ3) is 5.23. The molecule has 1 atom stereocenters. The van der Waals surface area contributed by atoms with Gasteiger partial charge >= 0.3 is 0 Å². The van der Waals surface area contributed by atoms with Gasteiger partial charge in [0.1, 0.15) is 0 Å². The maximum absolute atomic E-state index is 11.3. The van der Waals surface area contributed by atoms with Crippen LogP contribution in [0, 0.1) is 5.92 Å². The molecule has 1 amide bonds. The summed E-state index contributed by atoms with van der Waals surface area (Å²) in [7, 11) is 0. The van der Waals surface area contributed by atoms with Gasteiger partial charge in [0.25, 0.3) is 0 Å². The molecule has 0 bridgehead atoms. The minimum absolute atomic E-state index is 0.00782. The van der Waals surface area contributed by atoms with E-state index >= 15 is 0 Å². The largest absolute Gasteiger partial charge is 0.345 e. The number of rotatable bonds is 5. The van der Waals surface area contributed by atoms with E-state index in [0.717, 1.165) is 12.8 Å². The molecule has 0 aromatic heterocycles. The van der Waals surface area contributed by atoms with E-state index in [0.29, 0.717) is 0 Å². The van der Waals surface area contributed by atoms with Crippen LogP contribution in [0.25, 0.3) is 0 Å². The Morgan fingerprint density at radius 1 is 1.38 bits per heavy atom. The standard InChI is InChI=1S/C9H16INO2/c1-4-5-7(8(10)12)11-9(13)6(2)3/h6-7H,4-5H2,1-3H3,(H,11,13). The molecule has 76 valence electrons. The Labute approximate surface area is 92.8 Å². The van der Waals surface area contributed by atoms with Crippen molar-refractivity contribution in [2.75, 3.05) is 0 Å². The predicted molar refractivity (Wildman–Crippen MR) is 60.7 cm³/mol. The van der Waals surface area contributed by atoms with Crippen LogP contribution in [0.3, 0.4) is 0 Å². The summed E-state index contributed by atoms with van der Waals surface area (Å²) < 4.78 is 0.00782. The molecule has 0 radical (unpaired) electrons. The first-order chi connectivity index (χ1) is 5.99. The number of nitrogens with one attached hydrogen (secondary N) is 1. The van der Waals surface area contributed by atoms with Gasteiger partial charge in [-0.05, 0) is 6.42 Å². The van der Waals surface area contributed by atoms with Crippen LogP contribution >= 0.6 is 22.6 Å². The third-order valence-corrected chi connectivity index (χ3v) is 2.44. The number of amides is 1. The van der Waals surface area contributed by atoms with E-state index in [1.165, 1.54) is 0 Å². The smallest absolute Gasteiger partial charge is 0.223 e. The molecule has 1 unspecified atom stereocenters. The Morgan fingerprint density at radius 3 is 2.23 bits per heavy atom. The van der Waals surface area contributed by atoms with E-state index in [4.69, 9.17) is 0 Å². The fraction of sp³-hybridized carbons (Fsp3) is 0.778. The van der Waals surface area contributed by atoms with Crippen molar-refractivity contribution in [2.45, 2.75) is 39.7 Å². The van der Waals surface area contributed by atoms with Gasteiger partial charge in [-0.1, -0.05) is 27.2 Å². The van der Waals surface area contributed by atoms with Crippen molar-refractivity contribution in [3.63, 3.8) is 0 Å². The van der Waals surface area contributed by atoms with Crippen molar-refractivity contribution in [3.8, 4) is 0 Å². The van der Waals surface area contributed by atoms with E-state index in [2.05, 4.69) is 5.32 Å². The Balaban J connectivity index is 4.10. The lowest BCUT2D eigenvalue weighted by atomic mass is 10.1. The van der Waals surface area contributed by atoms with Crippen molar-refractivity contribution in [2.24, 2.45) is 5.92 Å². The van der Waals surface area contributed by atoms with Crippen LogP contribution < -0.4 is 5.32 Å². The number of hydrogen-bond acceptors (Lipinski definition) is 2. The lowest BCUT2D eigenvalue weighted by molar-refractivity contribution is -0.126. The zero-order valence-corrected chi connectivity index (χ0v) is 10.4. The fourth-order valence-electron chi connectivity index (χ4n) is 0.869. The van der Waals surface area contributed by atoms with Crippen molar-refractivity contribution in [1.29, 1.82) is 0 Å². The highest BCUT2D eigenvalue weighted by molar-refractivity contribution is 14.1. The SMILES string of the molecule is CCCC(NC(=O)C(C)C)C(=O)I. The topological polar surface area (TPSA) is 46.2 Å². The molecule has 0 spiro atoms. The van der Waals surface area contributed by atoms with Crippen LogP contribution in [-0.2, 0) is 9.59 Å². The van der Waals surface area contributed by atoms with Gasteiger partial charge in [-0.2, -0.15) is 0 Å². The van der Waals surface area contributed by atoms with Gasteiger partial charge in [-0.3, -0.25) is 9.59 Å². The fourth-order valence-corrected chi connectivity index (χ4v) is 1.34. The van der Waals surface area contributed by atoms with Crippen LogP contribution in [0.15, 0.2) is 0 Å². The van der Waals surface area contributed by atoms with E-state index in [-0.39, 0.29) is 21.7 Å².